The van der Waals surface area contributed by atoms with E-state index in [2.05, 4.69) is 10.3 Å². The number of nitrogens with two attached hydrogens (primary N) is 1. The van der Waals surface area contributed by atoms with Crippen molar-refractivity contribution in [2.75, 3.05) is 19.0 Å². The molecule has 0 atom stereocenters. The first-order chi connectivity index (χ1) is 8.31. The summed E-state index contributed by atoms with van der Waals surface area (Å²) in [5, 5.41) is 6.16. The van der Waals surface area contributed by atoms with Crippen molar-refractivity contribution in [3.8, 4) is 5.75 Å². The lowest BCUT2D eigenvalue weighted by molar-refractivity contribution is 0.415. The zero-order chi connectivity index (χ0) is 12.1. The molecule has 0 saturated heterocycles. The maximum atomic E-state index is 5.48. The lowest BCUT2D eigenvalue weighted by Crippen LogP contribution is -2.02. The minimum atomic E-state index is 0.631. The molecule has 2 rings (SSSR count). The molecule has 90 valence electrons. The number of rotatable bonds is 5. The number of nitrogens with zero attached hydrogens (tertiary/aromatic N) is 1. The second kappa shape index (κ2) is 5.65. The fraction of sp³-hybridized carbons (Fsp3) is 0.250. The fourth-order valence-electron chi connectivity index (χ4n) is 1.42. The third-order valence-corrected chi connectivity index (χ3v) is 3.10. The van der Waals surface area contributed by atoms with Gasteiger partial charge in [-0.3, -0.25) is 0 Å². The summed E-state index contributed by atoms with van der Waals surface area (Å²) in [5.41, 5.74) is 7.52. The molecule has 0 bridgehead atoms. The van der Waals surface area contributed by atoms with Crippen molar-refractivity contribution < 1.29 is 4.74 Å². The van der Waals surface area contributed by atoms with Crippen LogP contribution in [0.25, 0.3) is 0 Å². The molecule has 0 saturated carbocycles. The lowest BCUT2D eigenvalue weighted by atomic mass is 10.3. The molecule has 0 aliphatic rings. The zero-order valence-corrected chi connectivity index (χ0v) is 10.5. The summed E-state index contributed by atoms with van der Waals surface area (Å²) in [6.07, 6.45) is 0.820. The van der Waals surface area contributed by atoms with E-state index in [1.165, 1.54) is 0 Å². The SMILES string of the molecule is COc1ccc(Nc2nc(CCN)cs2)cc1. The van der Waals surface area contributed by atoms with Crippen molar-refractivity contribution >= 4 is 22.2 Å². The topological polar surface area (TPSA) is 60.2 Å². The third-order valence-electron chi connectivity index (χ3n) is 2.29. The van der Waals surface area contributed by atoms with Crippen LogP contribution in [0.4, 0.5) is 10.8 Å². The number of thiazole rings is 1. The molecule has 1 aromatic carbocycles. The molecule has 1 heterocycles. The van der Waals surface area contributed by atoms with Gasteiger partial charge in [0, 0.05) is 17.5 Å². The van der Waals surface area contributed by atoms with Gasteiger partial charge in [-0.2, -0.15) is 0 Å². The second-order valence-electron chi connectivity index (χ2n) is 3.54. The van der Waals surface area contributed by atoms with Crippen molar-refractivity contribution in [2.24, 2.45) is 5.73 Å². The van der Waals surface area contributed by atoms with E-state index in [4.69, 9.17) is 10.5 Å². The molecular weight excluding hydrogens is 234 g/mol. The van der Waals surface area contributed by atoms with Crippen molar-refractivity contribution in [3.05, 3.63) is 35.3 Å². The van der Waals surface area contributed by atoms with Crippen LogP contribution in [0.1, 0.15) is 5.69 Å². The molecule has 5 heteroatoms. The van der Waals surface area contributed by atoms with Crippen molar-refractivity contribution in [1.82, 2.24) is 4.98 Å². The summed E-state index contributed by atoms with van der Waals surface area (Å²) in [7, 11) is 1.66. The van der Waals surface area contributed by atoms with E-state index in [-0.39, 0.29) is 0 Å². The number of nitrogens with one attached hydrogen (secondary N) is 1. The minimum absolute atomic E-state index is 0.631. The monoisotopic (exact) mass is 249 g/mol. The zero-order valence-electron chi connectivity index (χ0n) is 9.64. The van der Waals surface area contributed by atoms with Crippen molar-refractivity contribution in [1.29, 1.82) is 0 Å². The predicted molar refractivity (Wildman–Crippen MR) is 71.1 cm³/mol. The second-order valence-corrected chi connectivity index (χ2v) is 4.39. The summed E-state index contributed by atoms with van der Waals surface area (Å²) >= 11 is 1.59. The Morgan fingerprint density at radius 3 is 2.76 bits per heavy atom. The highest BCUT2D eigenvalue weighted by molar-refractivity contribution is 7.13. The minimum Gasteiger partial charge on any atom is -0.497 e. The maximum Gasteiger partial charge on any atom is 0.187 e. The number of benzene rings is 1. The molecule has 0 aliphatic heterocycles. The highest BCUT2D eigenvalue weighted by Gasteiger charge is 2.01. The molecule has 0 aliphatic carbocycles. The first kappa shape index (κ1) is 11.9. The maximum absolute atomic E-state index is 5.48. The summed E-state index contributed by atoms with van der Waals surface area (Å²) in [5.74, 6) is 0.846. The average molecular weight is 249 g/mol. The quantitative estimate of drug-likeness (QED) is 0.854. The van der Waals surface area contributed by atoms with Crippen LogP contribution in [-0.4, -0.2) is 18.6 Å². The molecule has 0 amide bonds. The van der Waals surface area contributed by atoms with Gasteiger partial charge in [0.25, 0.3) is 0 Å². The fourth-order valence-corrected chi connectivity index (χ4v) is 2.19. The summed E-state index contributed by atoms with van der Waals surface area (Å²) in [4.78, 5) is 4.43. The molecule has 1 aromatic heterocycles. The van der Waals surface area contributed by atoms with Crippen LogP contribution < -0.4 is 15.8 Å². The normalized spacial score (nSPS) is 10.2. The number of hydrogen-bond donors (Lipinski definition) is 2. The Kier molecular flexibility index (Phi) is 3.95. The Hall–Kier alpha value is -1.59. The van der Waals surface area contributed by atoms with Gasteiger partial charge in [-0.15, -0.1) is 11.3 Å². The van der Waals surface area contributed by atoms with Crippen LogP contribution in [0.3, 0.4) is 0 Å². The first-order valence-corrected chi connectivity index (χ1v) is 6.25. The van der Waals surface area contributed by atoms with Gasteiger partial charge >= 0.3 is 0 Å². The molecule has 3 N–H and O–H groups in total. The third kappa shape index (κ3) is 3.18. The van der Waals surface area contributed by atoms with Gasteiger partial charge in [0.2, 0.25) is 0 Å². The Labute approximate surface area is 104 Å². The molecule has 2 aromatic rings. The number of ether oxygens (including phenoxy) is 1. The van der Waals surface area contributed by atoms with Crippen molar-refractivity contribution in [2.45, 2.75) is 6.42 Å². The van der Waals surface area contributed by atoms with Crippen LogP contribution in [0.2, 0.25) is 0 Å². The van der Waals surface area contributed by atoms with Gasteiger partial charge in [0.1, 0.15) is 5.75 Å². The molecule has 0 spiro atoms. The van der Waals surface area contributed by atoms with E-state index in [1.54, 1.807) is 18.4 Å². The van der Waals surface area contributed by atoms with Gasteiger partial charge in [-0.05, 0) is 30.8 Å². The summed E-state index contributed by atoms with van der Waals surface area (Å²) < 4.78 is 5.10. The van der Waals surface area contributed by atoms with Crippen molar-refractivity contribution in [3.63, 3.8) is 0 Å². The Bertz CT molecular complexity index is 467. The van der Waals surface area contributed by atoms with Gasteiger partial charge in [-0.25, -0.2) is 4.98 Å². The molecule has 4 nitrogen and oxygen atoms in total. The molecular formula is C12H15N3OS. The van der Waals surface area contributed by atoms with E-state index in [9.17, 15) is 0 Å². The van der Waals surface area contributed by atoms with Crippen LogP contribution in [0.15, 0.2) is 29.6 Å². The van der Waals surface area contributed by atoms with E-state index in [0.717, 1.165) is 28.7 Å². The van der Waals surface area contributed by atoms with Gasteiger partial charge < -0.3 is 15.8 Å². The lowest BCUT2D eigenvalue weighted by Gasteiger charge is -2.03. The Morgan fingerprint density at radius 1 is 1.35 bits per heavy atom. The van der Waals surface area contributed by atoms with Crippen LogP contribution in [0.5, 0.6) is 5.75 Å². The number of aromatic nitrogens is 1. The molecule has 0 fully saturated rings. The van der Waals surface area contributed by atoms with E-state index in [0.29, 0.717) is 6.54 Å². The molecule has 0 radical (unpaired) electrons. The van der Waals surface area contributed by atoms with E-state index >= 15 is 0 Å². The van der Waals surface area contributed by atoms with Gasteiger partial charge in [-0.1, -0.05) is 0 Å². The molecule has 17 heavy (non-hydrogen) atoms. The predicted octanol–water partition coefficient (Wildman–Crippen LogP) is 2.40. The van der Waals surface area contributed by atoms with Gasteiger partial charge in [0.15, 0.2) is 5.13 Å². The highest BCUT2D eigenvalue weighted by Crippen LogP contribution is 2.22. The van der Waals surface area contributed by atoms with Gasteiger partial charge in [0.05, 0.1) is 12.8 Å². The van der Waals surface area contributed by atoms with E-state index < -0.39 is 0 Å². The van der Waals surface area contributed by atoms with Crippen LogP contribution in [-0.2, 0) is 6.42 Å². The largest absolute Gasteiger partial charge is 0.497 e. The number of hydrogen-bond acceptors (Lipinski definition) is 5. The average Bonchev–Trinajstić information content (AvgIpc) is 2.78. The number of anilines is 2. The van der Waals surface area contributed by atoms with E-state index in [1.807, 2.05) is 29.6 Å². The van der Waals surface area contributed by atoms with Crippen LogP contribution >= 0.6 is 11.3 Å². The summed E-state index contributed by atoms with van der Waals surface area (Å²) in [6.45, 7) is 0.631. The smallest absolute Gasteiger partial charge is 0.187 e. The van der Waals surface area contributed by atoms with Crippen LogP contribution in [0, 0.1) is 0 Å². The standard InChI is InChI=1S/C12H15N3OS/c1-16-11-4-2-9(3-5-11)14-12-15-10(6-7-13)8-17-12/h2-5,8H,6-7,13H2,1H3,(H,14,15). The number of methoxy groups -OCH3 is 1. The first-order valence-electron chi connectivity index (χ1n) is 5.37. The Morgan fingerprint density at radius 2 is 2.12 bits per heavy atom. The Balaban J connectivity index is 2.03. The highest BCUT2D eigenvalue weighted by atomic mass is 32.1. The molecule has 0 unspecified atom stereocenters. The summed E-state index contributed by atoms with van der Waals surface area (Å²) in [6, 6.07) is 7.75.